The van der Waals surface area contributed by atoms with E-state index in [1.807, 2.05) is 0 Å². The minimum atomic E-state index is -0.154. The second-order valence-corrected chi connectivity index (χ2v) is 9.65. The number of esters is 1. The molecule has 0 bridgehead atoms. The van der Waals surface area contributed by atoms with Gasteiger partial charge in [-0.2, -0.15) is 0 Å². The maximum atomic E-state index is 12.5. The Balaban J connectivity index is 1.65. The largest absolute Gasteiger partial charge is 0.462 e. The number of ether oxygens (including phenoxy) is 1. The van der Waals surface area contributed by atoms with E-state index in [0.29, 0.717) is 23.5 Å². The fraction of sp³-hybridized carbons (Fsp3) is 0.818. The van der Waals surface area contributed by atoms with E-state index >= 15 is 0 Å². The van der Waals surface area contributed by atoms with E-state index in [1.165, 1.54) is 18.9 Å². The Labute approximate surface area is 151 Å². The molecule has 3 heteroatoms. The van der Waals surface area contributed by atoms with Crippen LogP contribution in [0.25, 0.3) is 0 Å². The summed E-state index contributed by atoms with van der Waals surface area (Å²) in [7, 11) is 0. The molecule has 0 radical (unpaired) electrons. The predicted octanol–water partition coefficient (Wildman–Crippen LogP) is 4.84. The average Bonchev–Trinajstić information content (AvgIpc) is 2.84. The molecule has 4 aliphatic carbocycles. The topological polar surface area (TPSA) is 43.4 Å². The van der Waals surface area contributed by atoms with E-state index in [9.17, 15) is 9.59 Å². The molecule has 4 unspecified atom stereocenters. The number of allylic oxidation sites excluding steroid dienone is 1. The highest BCUT2D eigenvalue weighted by Crippen LogP contribution is 2.65. The summed E-state index contributed by atoms with van der Waals surface area (Å²) in [4.78, 5) is 23.9. The van der Waals surface area contributed by atoms with Crippen LogP contribution in [0.3, 0.4) is 0 Å². The van der Waals surface area contributed by atoms with Crippen LogP contribution in [-0.4, -0.2) is 17.9 Å². The fourth-order valence-electron chi connectivity index (χ4n) is 7.19. The summed E-state index contributed by atoms with van der Waals surface area (Å²) in [6, 6.07) is 0. The number of carbonyl (C=O) groups excluding carboxylic acids is 2. The van der Waals surface area contributed by atoms with Gasteiger partial charge in [0, 0.05) is 25.2 Å². The van der Waals surface area contributed by atoms with Gasteiger partial charge in [0.25, 0.3) is 0 Å². The van der Waals surface area contributed by atoms with Crippen LogP contribution in [0.1, 0.15) is 79.1 Å². The number of hydrogen-bond acceptors (Lipinski definition) is 3. The number of carbonyl (C=O) groups is 2. The standard InChI is InChI=1S/C22H32O3/c1-13-11-16-17-5-6-20(24)22(17,4)10-8-18(16)21(3)9-7-15(12-19(13)21)25-14(2)23/h15-18H,5-12H2,1-4H3/t15-,16?,17?,18?,21?,22-/m0/s1. The molecule has 3 saturated carbocycles. The first-order valence-electron chi connectivity index (χ1n) is 10.2. The molecule has 0 saturated heterocycles. The Morgan fingerprint density at radius 3 is 2.44 bits per heavy atom. The molecule has 3 fully saturated rings. The van der Waals surface area contributed by atoms with Crippen LogP contribution >= 0.6 is 0 Å². The molecule has 0 aromatic rings. The SMILES string of the molecule is CC(=O)O[C@H]1CCC2(C)C(=C(C)CC3C2CC[C@]2(C)C(=O)CCC32)C1. The van der Waals surface area contributed by atoms with Gasteiger partial charge in [-0.25, -0.2) is 0 Å². The molecule has 0 N–H and O–H groups in total. The molecule has 0 spiro atoms. The summed E-state index contributed by atoms with van der Waals surface area (Å²) >= 11 is 0. The van der Waals surface area contributed by atoms with Gasteiger partial charge in [-0.1, -0.05) is 25.0 Å². The molecular weight excluding hydrogens is 312 g/mol. The molecule has 6 atom stereocenters. The first kappa shape index (κ1) is 17.3. The highest BCUT2D eigenvalue weighted by Gasteiger charge is 2.59. The molecule has 0 aromatic carbocycles. The van der Waals surface area contributed by atoms with Crippen molar-refractivity contribution in [2.45, 2.75) is 85.2 Å². The van der Waals surface area contributed by atoms with E-state index < -0.39 is 0 Å². The molecule has 138 valence electrons. The minimum Gasteiger partial charge on any atom is -0.462 e. The van der Waals surface area contributed by atoms with Crippen molar-refractivity contribution in [1.82, 2.24) is 0 Å². The second kappa shape index (κ2) is 5.69. The van der Waals surface area contributed by atoms with Crippen molar-refractivity contribution < 1.29 is 14.3 Å². The Bertz CT molecular complexity index is 648. The third-order valence-electron chi connectivity index (χ3n) is 8.46. The molecule has 0 aliphatic heterocycles. The number of rotatable bonds is 1. The minimum absolute atomic E-state index is 0.0513. The van der Waals surface area contributed by atoms with Crippen molar-refractivity contribution in [3.63, 3.8) is 0 Å². The molecule has 3 nitrogen and oxygen atoms in total. The molecular formula is C22H32O3. The normalized spacial score (nSPS) is 46.3. The molecule has 0 aromatic heterocycles. The number of hydrogen-bond donors (Lipinski definition) is 0. The fourth-order valence-corrected chi connectivity index (χ4v) is 7.19. The average molecular weight is 344 g/mol. The van der Waals surface area contributed by atoms with Crippen LogP contribution in [0.4, 0.5) is 0 Å². The van der Waals surface area contributed by atoms with Gasteiger partial charge in [-0.15, -0.1) is 0 Å². The maximum absolute atomic E-state index is 12.5. The predicted molar refractivity (Wildman–Crippen MR) is 96.9 cm³/mol. The second-order valence-electron chi connectivity index (χ2n) is 9.65. The third-order valence-corrected chi connectivity index (χ3v) is 8.46. The highest BCUT2D eigenvalue weighted by atomic mass is 16.5. The summed E-state index contributed by atoms with van der Waals surface area (Å²) in [6.07, 6.45) is 8.40. The van der Waals surface area contributed by atoms with Crippen LogP contribution in [0.5, 0.6) is 0 Å². The van der Waals surface area contributed by atoms with Gasteiger partial charge in [0.05, 0.1) is 0 Å². The van der Waals surface area contributed by atoms with Gasteiger partial charge < -0.3 is 4.74 Å². The van der Waals surface area contributed by atoms with Gasteiger partial charge >= 0.3 is 5.97 Å². The Morgan fingerprint density at radius 2 is 1.72 bits per heavy atom. The van der Waals surface area contributed by atoms with Crippen LogP contribution in [0.15, 0.2) is 11.1 Å². The molecule has 4 aliphatic rings. The van der Waals surface area contributed by atoms with Crippen LogP contribution in [0.2, 0.25) is 0 Å². The summed E-state index contributed by atoms with van der Waals surface area (Å²) in [5.74, 6) is 2.32. The number of ketones is 1. The van der Waals surface area contributed by atoms with Crippen molar-refractivity contribution in [3.8, 4) is 0 Å². The Kier molecular flexibility index (Phi) is 3.94. The van der Waals surface area contributed by atoms with Crippen molar-refractivity contribution in [3.05, 3.63) is 11.1 Å². The van der Waals surface area contributed by atoms with E-state index in [-0.39, 0.29) is 22.9 Å². The molecule has 25 heavy (non-hydrogen) atoms. The van der Waals surface area contributed by atoms with E-state index in [0.717, 1.165) is 44.9 Å². The highest BCUT2D eigenvalue weighted by molar-refractivity contribution is 5.87. The monoisotopic (exact) mass is 344 g/mol. The molecule has 0 amide bonds. The quantitative estimate of drug-likeness (QED) is 0.505. The van der Waals surface area contributed by atoms with Gasteiger partial charge in [-0.3, -0.25) is 9.59 Å². The number of Topliss-reactive ketones (excluding diaryl/α,β-unsaturated/α-hetero) is 1. The van der Waals surface area contributed by atoms with E-state index in [2.05, 4.69) is 20.8 Å². The lowest BCUT2D eigenvalue weighted by atomic mass is 9.47. The zero-order valence-corrected chi connectivity index (χ0v) is 16.2. The zero-order chi connectivity index (χ0) is 18.0. The first-order chi connectivity index (χ1) is 11.8. The van der Waals surface area contributed by atoms with Crippen molar-refractivity contribution in [2.24, 2.45) is 28.6 Å². The number of fused-ring (bicyclic) bond motifs is 5. The summed E-state index contributed by atoms with van der Waals surface area (Å²) in [5.41, 5.74) is 3.28. The summed E-state index contributed by atoms with van der Waals surface area (Å²) in [6.45, 7) is 8.53. The zero-order valence-electron chi connectivity index (χ0n) is 16.2. The van der Waals surface area contributed by atoms with Gasteiger partial charge in [0.1, 0.15) is 11.9 Å². The Hall–Kier alpha value is -1.12. The van der Waals surface area contributed by atoms with Crippen molar-refractivity contribution in [1.29, 1.82) is 0 Å². The van der Waals surface area contributed by atoms with Crippen molar-refractivity contribution in [2.75, 3.05) is 0 Å². The van der Waals surface area contributed by atoms with Crippen LogP contribution in [-0.2, 0) is 14.3 Å². The molecule has 0 heterocycles. The van der Waals surface area contributed by atoms with Gasteiger partial charge in [0.2, 0.25) is 0 Å². The lowest BCUT2D eigenvalue weighted by Crippen LogP contribution is -2.51. The van der Waals surface area contributed by atoms with E-state index in [4.69, 9.17) is 4.74 Å². The van der Waals surface area contributed by atoms with Gasteiger partial charge in [0.15, 0.2) is 0 Å². The van der Waals surface area contributed by atoms with E-state index in [1.54, 1.807) is 5.57 Å². The summed E-state index contributed by atoms with van der Waals surface area (Å²) < 4.78 is 5.55. The summed E-state index contributed by atoms with van der Waals surface area (Å²) in [5, 5.41) is 0. The van der Waals surface area contributed by atoms with Gasteiger partial charge in [-0.05, 0) is 68.6 Å². The van der Waals surface area contributed by atoms with Crippen LogP contribution in [0, 0.1) is 28.6 Å². The Morgan fingerprint density at radius 1 is 1.04 bits per heavy atom. The lowest BCUT2D eigenvalue weighted by Gasteiger charge is -2.58. The lowest BCUT2D eigenvalue weighted by molar-refractivity contribution is -0.148. The maximum Gasteiger partial charge on any atom is 0.302 e. The van der Waals surface area contributed by atoms with Crippen LogP contribution < -0.4 is 0 Å². The van der Waals surface area contributed by atoms with Crippen molar-refractivity contribution >= 4 is 11.8 Å². The first-order valence-corrected chi connectivity index (χ1v) is 10.2. The smallest absolute Gasteiger partial charge is 0.302 e. The molecule has 4 rings (SSSR count). The third kappa shape index (κ3) is 2.44.